The minimum absolute atomic E-state index is 0.187. The summed E-state index contributed by atoms with van der Waals surface area (Å²) in [5, 5.41) is 19.9. The topological polar surface area (TPSA) is 103 Å². The molecule has 8 nitrogen and oxygen atoms in total. The molecular weight excluding hydrogens is 467 g/mol. The van der Waals surface area contributed by atoms with Gasteiger partial charge < -0.3 is 9.94 Å². The average molecular weight is 488 g/mol. The lowest BCUT2D eigenvalue weighted by Crippen LogP contribution is -2.12. The Morgan fingerprint density at radius 2 is 1.94 bits per heavy atom. The highest BCUT2D eigenvalue weighted by atomic mass is 35.5. The zero-order chi connectivity index (χ0) is 22.8. The van der Waals surface area contributed by atoms with E-state index >= 15 is 0 Å². The van der Waals surface area contributed by atoms with Crippen molar-refractivity contribution < 1.29 is 15.0 Å². The van der Waals surface area contributed by atoms with E-state index in [-0.39, 0.29) is 5.92 Å². The fourth-order valence-electron chi connectivity index (χ4n) is 2.96. The summed E-state index contributed by atoms with van der Waals surface area (Å²) in [4.78, 5) is 12.4. The normalized spacial score (nSPS) is 11.4. The van der Waals surface area contributed by atoms with Crippen molar-refractivity contribution >= 4 is 34.8 Å². The molecule has 0 radical (unpaired) electrons. The second-order valence-electron chi connectivity index (χ2n) is 6.62. The molecule has 0 bridgehead atoms. The van der Waals surface area contributed by atoms with Crippen LogP contribution in [-0.4, -0.2) is 31.7 Å². The van der Waals surface area contributed by atoms with Gasteiger partial charge >= 0.3 is 0 Å². The van der Waals surface area contributed by atoms with Gasteiger partial charge in [0.05, 0.1) is 6.61 Å². The van der Waals surface area contributed by atoms with Crippen LogP contribution in [0.5, 0.6) is 5.75 Å². The van der Waals surface area contributed by atoms with E-state index in [1.54, 1.807) is 12.4 Å². The van der Waals surface area contributed by atoms with Crippen LogP contribution in [0, 0.1) is 17.0 Å². The van der Waals surface area contributed by atoms with Crippen LogP contribution in [0.15, 0.2) is 49.1 Å². The van der Waals surface area contributed by atoms with Gasteiger partial charge in [0.1, 0.15) is 18.4 Å². The summed E-state index contributed by atoms with van der Waals surface area (Å²) < 4.78 is 7.68. The number of hydrogen-bond donors (Lipinski definition) is 1. The summed E-state index contributed by atoms with van der Waals surface area (Å²) in [6.45, 7) is 3.27. The number of rotatable bonds is 8. The van der Waals surface area contributed by atoms with Crippen molar-refractivity contribution in [2.75, 3.05) is 6.61 Å². The molecule has 0 aliphatic carbocycles. The molecule has 1 aromatic heterocycles. The maximum atomic E-state index is 8.36. The molecule has 1 unspecified atom stereocenters. The standard InChI is InChI=1S/C20H20Cl3N3O.HNO3/c1-14-9-17(5-7-19(14)22)27-8-2-3-15(11-26-13-24-12-25-26)18-6-4-16(21)10-20(18)23;2-1(3)4/h4-7,9-10,12-13,15H,2-3,8,11H2,1H3;(H,2,3,4). The fraction of sp³-hybridized carbons (Fsp3) is 0.300. The highest BCUT2D eigenvalue weighted by Gasteiger charge is 2.16. The molecule has 0 aliphatic heterocycles. The lowest BCUT2D eigenvalue weighted by Gasteiger charge is -2.19. The molecule has 0 saturated carbocycles. The van der Waals surface area contributed by atoms with Crippen LogP contribution < -0.4 is 4.74 Å². The van der Waals surface area contributed by atoms with E-state index in [4.69, 9.17) is 54.9 Å². The highest BCUT2D eigenvalue weighted by Crippen LogP contribution is 2.31. The largest absolute Gasteiger partial charge is 0.494 e. The molecule has 0 spiro atoms. The number of benzene rings is 2. The molecule has 0 amide bonds. The van der Waals surface area contributed by atoms with Gasteiger partial charge in [-0.1, -0.05) is 40.9 Å². The van der Waals surface area contributed by atoms with E-state index in [1.807, 2.05) is 41.9 Å². The molecule has 0 fully saturated rings. The number of nitrogens with zero attached hydrogens (tertiary/aromatic N) is 4. The average Bonchev–Trinajstić information content (AvgIpc) is 3.20. The van der Waals surface area contributed by atoms with Gasteiger partial charge in [-0.2, -0.15) is 5.10 Å². The number of aromatic nitrogens is 3. The summed E-state index contributed by atoms with van der Waals surface area (Å²) in [7, 11) is 0. The molecule has 1 N–H and O–H groups in total. The van der Waals surface area contributed by atoms with Gasteiger partial charge in [-0.05, 0) is 61.2 Å². The first-order valence-corrected chi connectivity index (χ1v) is 10.4. The third-order valence-electron chi connectivity index (χ3n) is 4.37. The van der Waals surface area contributed by atoms with Gasteiger partial charge in [0.25, 0.3) is 5.09 Å². The van der Waals surface area contributed by atoms with Crippen LogP contribution in [0.1, 0.15) is 29.9 Å². The fourth-order valence-corrected chi connectivity index (χ4v) is 3.64. The smallest absolute Gasteiger partial charge is 0.291 e. The van der Waals surface area contributed by atoms with E-state index in [9.17, 15) is 0 Å². The van der Waals surface area contributed by atoms with Crippen molar-refractivity contribution in [1.82, 2.24) is 14.8 Å². The minimum atomic E-state index is -1.50. The third kappa shape index (κ3) is 8.61. The first-order chi connectivity index (χ1) is 14.8. The van der Waals surface area contributed by atoms with Crippen LogP contribution in [0.4, 0.5) is 0 Å². The lowest BCUT2D eigenvalue weighted by atomic mass is 9.94. The number of ether oxygens (including phenoxy) is 1. The van der Waals surface area contributed by atoms with E-state index in [0.29, 0.717) is 23.2 Å². The van der Waals surface area contributed by atoms with Gasteiger partial charge in [0.2, 0.25) is 0 Å². The molecule has 1 atom stereocenters. The Labute approximate surface area is 194 Å². The molecule has 11 heteroatoms. The predicted octanol–water partition coefficient (Wildman–Crippen LogP) is 5.84. The Kier molecular flexibility index (Phi) is 9.84. The van der Waals surface area contributed by atoms with E-state index in [0.717, 1.165) is 34.7 Å². The van der Waals surface area contributed by atoms with Crippen molar-refractivity contribution in [3.63, 3.8) is 0 Å². The molecule has 2 aromatic carbocycles. The Balaban J connectivity index is 0.000000785. The second-order valence-corrected chi connectivity index (χ2v) is 7.87. The van der Waals surface area contributed by atoms with Crippen molar-refractivity contribution in [2.45, 2.75) is 32.2 Å². The Morgan fingerprint density at radius 1 is 1.19 bits per heavy atom. The summed E-state index contributed by atoms with van der Waals surface area (Å²) in [5.74, 6) is 1.02. The number of hydrogen-bond acceptors (Lipinski definition) is 5. The van der Waals surface area contributed by atoms with Gasteiger partial charge in [-0.25, -0.2) is 4.98 Å². The van der Waals surface area contributed by atoms with Crippen LogP contribution >= 0.6 is 34.8 Å². The minimum Gasteiger partial charge on any atom is -0.494 e. The zero-order valence-corrected chi connectivity index (χ0v) is 18.9. The van der Waals surface area contributed by atoms with Crippen LogP contribution in [0.2, 0.25) is 15.1 Å². The van der Waals surface area contributed by atoms with Gasteiger partial charge in [-0.15, -0.1) is 10.1 Å². The number of aryl methyl sites for hydroxylation is 1. The van der Waals surface area contributed by atoms with E-state index in [2.05, 4.69) is 10.1 Å². The van der Waals surface area contributed by atoms with Gasteiger partial charge in [0, 0.05) is 27.5 Å². The molecular formula is C20H21Cl3N4O4. The number of halogens is 3. The molecule has 166 valence electrons. The Morgan fingerprint density at radius 3 is 2.55 bits per heavy atom. The first-order valence-electron chi connectivity index (χ1n) is 9.26. The van der Waals surface area contributed by atoms with Gasteiger partial charge in [0.15, 0.2) is 0 Å². The molecule has 31 heavy (non-hydrogen) atoms. The van der Waals surface area contributed by atoms with E-state index < -0.39 is 5.09 Å². The summed E-state index contributed by atoms with van der Waals surface area (Å²) in [6.07, 6.45) is 5.02. The first kappa shape index (κ1) is 24.7. The second kappa shape index (κ2) is 12.3. The van der Waals surface area contributed by atoms with Crippen LogP contribution in [0.25, 0.3) is 0 Å². The predicted molar refractivity (Wildman–Crippen MR) is 119 cm³/mol. The van der Waals surface area contributed by atoms with Crippen molar-refractivity contribution in [3.8, 4) is 5.75 Å². The molecule has 3 rings (SSSR count). The van der Waals surface area contributed by atoms with Crippen molar-refractivity contribution in [3.05, 3.63) is 85.4 Å². The van der Waals surface area contributed by atoms with Crippen molar-refractivity contribution in [1.29, 1.82) is 0 Å². The van der Waals surface area contributed by atoms with Gasteiger partial charge in [-0.3, -0.25) is 4.68 Å². The maximum absolute atomic E-state index is 8.36. The highest BCUT2D eigenvalue weighted by molar-refractivity contribution is 6.35. The molecule has 0 aliphatic rings. The lowest BCUT2D eigenvalue weighted by molar-refractivity contribution is -0.742. The monoisotopic (exact) mass is 486 g/mol. The SMILES string of the molecule is Cc1cc(OCCCC(Cn2cncn2)c2ccc(Cl)cc2Cl)ccc1Cl.O=[N+]([O-])O. The Bertz CT molecular complexity index is 983. The summed E-state index contributed by atoms with van der Waals surface area (Å²) >= 11 is 18.5. The molecule has 3 aromatic rings. The third-order valence-corrected chi connectivity index (χ3v) is 5.36. The summed E-state index contributed by atoms with van der Waals surface area (Å²) in [6, 6.07) is 11.3. The van der Waals surface area contributed by atoms with E-state index in [1.165, 1.54) is 6.33 Å². The van der Waals surface area contributed by atoms with Crippen LogP contribution in [0.3, 0.4) is 0 Å². The Hall–Kier alpha value is -2.55. The molecule has 0 saturated heterocycles. The van der Waals surface area contributed by atoms with Crippen molar-refractivity contribution in [2.24, 2.45) is 0 Å². The van der Waals surface area contributed by atoms with Crippen LogP contribution in [-0.2, 0) is 6.54 Å². The maximum Gasteiger partial charge on any atom is 0.291 e. The quantitative estimate of drug-likeness (QED) is 0.243. The molecule has 1 heterocycles. The zero-order valence-electron chi connectivity index (χ0n) is 16.6. The summed E-state index contributed by atoms with van der Waals surface area (Å²) in [5.41, 5.74) is 2.06.